The highest BCUT2D eigenvalue weighted by Crippen LogP contribution is 2.57. The Bertz CT molecular complexity index is 601. The summed E-state index contributed by atoms with van der Waals surface area (Å²) in [7, 11) is -3.24. The summed E-state index contributed by atoms with van der Waals surface area (Å²) in [6, 6.07) is 0. The third-order valence-corrected chi connectivity index (χ3v) is 10.7. The van der Waals surface area contributed by atoms with E-state index < -0.39 is 13.1 Å². The molecule has 1 fully saturated rings. The molecule has 0 spiro atoms. The molecule has 0 amide bonds. The van der Waals surface area contributed by atoms with E-state index >= 15 is 0 Å². The van der Waals surface area contributed by atoms with Crippen LogP contribution in [0.25, 0.3) is 0 Å². The standard InChI is InChI=1S/C28H56O6P2/c1-7-13-15-17-19-24-22-27(28(35-29,31-9-3)32-10-4)25(20-18-16-14-8-2)21-26(24)23-36(30,33-11-5)34-12-6/h24-27H,7-23H2,1-6H3. The average molecular weight is 551 g/mol. The first-order chi connectivity index (χ1) is 17.4. The van der Waals surface area contributed by atoms with E-state index in [-0.39, 0.29) is 20.3 Å². The van der Waals surface area contributed by atoms with Gasteiger partial charge < -0.3 is 18.5 Å². The molecule has 0 radical (unpaired) electrons. The highest BCUT2D eigenvalue weighted by Gasteiger charge is 2.51. The Balaban J connectivity index is 3.30. The van der Waals surface area contributed by atoms with Gasteiger partial charge in [0.25, 0.3) is 5.53 Å². The van der Waals surface area contributed by atoms with Gasteiger partial charge in [0, 0.05) is 19.1 Å². The van der Waals surface area contributed by atoms with Gasteiger partial charge in [-0.05, 0) is 64.7 Å². The Hall–Kier alpha value is 0.170. The lowest BCUT2D eigenvalue weighted by Gasteiger charge is -2.47. The fourth-order valence-electron chi connectivity index (χ4n) is 6.08. The van der Waals surface area contributed by atoms with Crippen molar-refractivity contribution in [2.45, 2.75) is 124 Å². The second-order valence-electron chi connectivity index (χ2n) is 10.3. The van der Waals surface area contributed by atoms with E-state index in [4.69, 9.17) is 18.5 Å². The molecular formula is C28H56O6P2. The molecule has 0 aromatic rings. The first-order valence-corrected chi connectivity index (χ1v) is 17.4. The van der Waals surface area contributed by atoms with Crippen molar-refractivity contribution in [3.63, 3.8) is 0 Å². The van der Waals surface area contributed by atoms with Crippen molar-refractivity contribution in [2.75, 3.05) is 32.6 Å². The van der Waals surface area contributed by atoms with Crippen molar-refractivity contribution >= 4 is 16.1 Å². The van der Waals surface area contributed by atoms with Crippen LogP contribution in [0, 0.1) is 23.7 Å². The van der Waals surface area contributed by atoms with Gasteiger partial charge >= 0.3 is 7.60 Å². The first-order valence-electron chi connectivity index (χ1n) is 14.9. The molecular weight excluding hydrogens is 494 g/mol. The molecule has 6 nitrogen and oxygen atoms in total. The van der Waals surface area contributed by atoms with Crippen molar-refractivity contribution in [3.05, 3.63) is 0 Å². The van der Waals surface area contributed by atoms with Crippen LogP contribution in [0.5, 0.6) is 0 Å². The van der Waals surface area contributed by atoms with Crippen LogP contribution in [-0.2, 0) is 27.7 Å². The van der Waals surface area contributed by atoms with Crippen molar-refractivity contribution in [1.82, 2.24) is 0 Å². The molecule has 1 aliphatic rings. The summed E-state index contributed by atoms with van der Waals surface area (Å²) in [6.07, 6.45) is 14.0. The normalized spacial score (nSPS) is 23.4. The van der Waals surface area contributed by atoms with E-state index in [0.717, 1.165) is 38.5 Å². The van der Waals surface area contributed by atoms with Crippen LogP contribution in [0.15, 0.2) is 0 Å². The molecule has 1 saturated carbocycles. The highest BCUT2D eigenvalue weighted by atomic mass is 31.2. The van der Waals surface area contributed by atoms with E-state index in [2.05, 4.69) is 13.8 Å². The number of ether oxygens (including phenoxy) is 2. The molecule has 4 unspecified atom stereocenters. The van der Waals surface area contributed by atoms with E-state index in [9.17, 15) is 9.13 Å². The maximum Gasteiger partial charge on any atom is 0.330 e. The van der Waals surface area contributed by atoms with Crippen molar-refractivity contribution in [2.24, 2.45) is 23.7 Å². The van der Waals surface area contributed by atoms with E-state index in [1.54, 1.807) is 0 Å². The number of unbranched alkanes of at least 4 members (excludes halogenated alkanes) is 6. The summed E-state index contributed by atoms with van der Waals surface area (Å²) < 4.78 is 50.1. The summed E-state index contributed by atoms with van der Waals surface area (Å²) in [5, 5.41) is 0. The Morgan fingerprint density at radius 2 is 1.22 bits per heavy atom. The molecule has 0 bridgehead atoms. The first kappa shape index (κ1) is 34.2. The Morgan fingerprint density at radius 1 is 0.694 bits per heavy atom. The van der Waals surface area contributed by atoms with Crippen LogP contribution in [0.3, 0.4) is 0 Å². The minimum absolute atomic E-state index is 0.0455. The van der Waals surface area contributed by atoms with Crippen molar-refractivity contribution in [1.29, 1.82) is 0 Å². The third kappa shape index (κ3) is 11.1. The second kappa shape index (κ2) is 19.3. The van der Waals surface area contributed by atoms with Crippen molar-refractivity contribution in [3.8, 4) is 0 Å². The molecule has 1 rings (SSSR count). The van der Waals surface area contributed by atoms with Gasteiger partial charge in [-0.1, -0.05) is 71.6 Å². The summed E-state index contributed by atoms with van der Waals surface area (Å²) >= 11 is 0. The zero-order chi connectivity index (χ0) is 26.9. The van der Waals surface area contributed by atoms with Crippen LogP contribution in [0.1, 0.15) is 119 Å². The summed E-state index contributed by atoms with van der Waals surface area (Å²) in [4.78, 5) is 0. The molecule has 0 aromatic carbocycles. The lowest BCUT2D eigenvalue weighted by Crippen LogP contribution is -2.47. The fraction of sp³-hybridized carbons (Fsp3) is 1.00. The largest absolute Gasteiger partial charge is 0.340 e. The van der Waals surface area contributed by atoms with Crippen LogP contribution < -0.4 is 0 Å². The fourth-order valence-corrected chi connectivity index (χ4v) is 8.99. The molecule has 0 heterocycles. The summed E-state index contributed by atoms with van der Waals surface area (Å²) in [5.74, 6) is 0.960. The van der Waals surface area contributed by atoms with Gasteiger partial charge in [-0.3, -0.25) is 9.13 Å². The maximum atomic E-state index is 13.6. The molecule has 1 aliphatic carbocycles. The number of rotatable bonds is 22. The SMILES string of the molecule is CCCCCCC1CC(C(OCC)(OCC)P=O)C(CCCCCC)CC1CP(=O)(OCC)OCC. The van der Waals surface area contributed by atoms with Crippen LogP contribution in [-0.4, -0.2) is 38.1 Å². The average Bonchev–Trinajstić information content (AvgIpc) is 2.85. The Labute approximate surface area is 224 Å². The molecule has 8 heteroatoms. The van der Waals surface area contributed by atoms with E-state index in [0.29, 0.717) is 44.4 Å². The molecule has 0 N–H and O–H groups in total. The van der Waals surface area contributed by atoms with Gasteiger partial charge in [0.2, 0.25) is 8.46 Å². The van der Waals surface area contributed by atoms with Gasteiger partial charge in [0.05, 0.1) is 19.4 Å². The van der Waals surface area contributed by atoms with Gasteiger partial charge in [0.15, 0.2) is 0 Å². The second-order valence-corrected chi connectivity index (χ2v) is 13.2. The predicted molar refractivity (Wildman–Crippen MR) is 150 cm³/mol. The smallest absolute Gasteiger partial charge is 0.330 e. The molecule has 36 heavy (non-hydrogen) atoms. The topological polar surface area (TPSA) is 71.1 Å². The lowest BCUT2D eigenvalue weighted by molar-refractivity contribution is -0.222. The third-order valence-electron chi connectivity index (χ3n) is 7.66. The minimum Gasteiger partial charge on any atom is -0.340 e. The monoisotopic (exact) mass is 550 g/mol. The quantitative estimate of drug-likeness (QED) is 0.0759. The van der Waals surface area contributed by atoms with E-state index in [1.165, 1.54) is 38.5 Å². The highest BCUT2D eigenvalue weighted by molar-refractivity contribution is 7.53. The van der Waals surface area contributed by atoms with Crippen LogP contribution in [0.4, 0.5) is 0 Å². The lowest BCUT2D eigenvalue weighted by atomic mass is 9.65. The van der Waals surface area contributed by atoms with Gasteiger partial charge in [-0.2, -0.15) is 0 Å². The number of hydrogen-bond acceptors (Lipinski definition) is 6. The van der Waals surface area contributed by atoms with Gasteiger partial charge in [-0.25, -0.2) is 0 Å². The molecule has 0 aromatic heterocycles. The molecule has 0 aliphatic heterocycles. The maximum absolute atomic E-state index is 13.6. The van der Waals surface area contributed by atoms with E-state index in [1.807, 2.05) is 27.7 Å². The zero-order valence-electron chi connectivity index (χ0n) is 24.2. The minimum atomic E-state index is -3.15. The zero-order valence-corrected chi connectivity index (χ0v) is 26.0. The molecule has 4 atom stereocenters. The predicted octanol–water partition coefficient (Wildman–Crippen LogP) is 9.47. The molecule has 0 saturated heterocycles. The Kier molecular flexibility index (Phi) is 18.3. The summed E-state index contributed by atoms with van der Waals surface area (Å²) in [6.45, 7) is 13.8. The van der Waals surface area contributed by atoms with Gasteiger partial charge in [0.1, 0.15) is 0 Å². The van der Waals surface area contributed by atoms with Crippen LogP contribution >= 0.6 is 16.1 Å². The van der Waals surface area contributed by atoms with Gasteiger partial charge in [-0.15, -0.1) is 0 Å². The molecule has 214 valence electrons. The Morgan fingerprint density at radius 3 is 1.67 bits per heavy atom. The van der Waals surface area contributed by atoms with Crippen LogP contribution in [0.2, 0.25) is 0 Å². The summed E-state index contributed by atoms with van der Waals surface area (Å²) in [5.41, 5.74) is -1.10. The van der Waals surface area contributed by atoms with Crippen molar-refractivity contribution < 1.29 is 27.7 Å². The number of hydrogen-bond donors (Lipinski definition) is 0.